The highest BCUT2D eigenvalue weighted by Gasteiger charge is 2.34. The normalized spacial score (nSPS) is 16.7. The third-order valence-corrected chi connectivity index (χ3v) is 4.77. The van der Waals surface area contributed by atoms with Crippen LogP contribution in [0.15, 0.2) is 53.1 Å². The van der Waals surface area contributed by atoms with Gasteiger partial charge in [-0.1, -0.05) is 18.2 Å². The van der Waals surface area contributed by atoms with Gasteiger partial charge in [-0.3, -0.25) is 4.79 Å². The summed E-state index contributed by atoms with van der Waals surface area (Å²) < 4.78 is 19.0. The zero-order chi connectivity index (χ0) is 18.8. The number of nitrogens with zero attached hydrogens (tertiary/aromatic N) is 3. The Morgan fingerprint density at radius 2 is 2.07 bits per heavy atom. The van der Waals surface area contributed by atoms with Crippen molar-refractivity contribution < 1.29 is 13.6 Å². The topological polar surface area (TPSA) is 59.2 Å². The summed E-state index contributed by atoms with van der Waals surface area (Å²) >= 11 is 0. The molecule has 0 N–H and O–H groups in total. The van der Waals surface area contributed by atoms with Gasteiger partial charge < -0.3 is 9.32 Å². The molecule has 27 heavy (non-hydrogen) atoms. The van der Waals surface area contributed by atoms with Gasteiger partial charge in [-0.25, -0.2) is 14.4 Å². The van der Waals surface area contributed by atoms with Gasteiger partial charge in [0.2, 0.25) is 5.89 Å². The summed E-state index contributed by atoms with van der Waals surface area (Å²) in [4.78, 5) is 23.4. The van der Waals surface area contributed by atoms with Crippen LogP contribution in [0.3, 0.4) is 0 Å². The van der Waals surface area contributed by atoms with E-state index in [1.165, 1.54) is 12.1 Å². The predicted octanol–water partition coefficient (Wildman–Crippen LogP) is 4.09. The number of oxazole rings is 1. The fourth-order valence-electron chi connectivity index (χ4n) is 3.44. The van der Waals surface area contributed by atoms with Gasteiger partial charge in [0.25, 0.3) is 5.91 Å². The first-order chi connectivity index (χ1) is 13.1. The summed E-state index contributed by atoms with van der Waals surface area (Å²) in [5.74, 6) is 0.886. The van der Waals surface area contributed by atoms with Gasteiger partial charge in [-0.2, -0.15) is 0 Å². The van der Waals surface area contributed by atoms with Crippen LogP contribution in [-0.4, -0.2) is 27.3 Å². The first-order valence-electron chi connectivity index (χ1n) is 9.04. The molecule has 0 spiro atoms. The molecule has 2 aromatic heterocycles. The Hall–Kier alpha value is -3.02. The number of likely N-dealkylation sites (tertiary alicyclic amines) is 1. The number of aromatic nitrogens is 2. The summed E-state index contributed by atoms with van der Waals surface area (Å²) in [7, 11) is 0. The van der Waals surface area contributed by atoms with Gasteiger partial charge in [0.05, 0.1) is 6.20 Å². The number of halogens is 1. The summed E-state index contributed by atoms with van der Waals surface area (Å²) in [5, 5.41) is 0. The van der Waals surface area contributed by atoms with Crippen LogP contribution < -0.4 is 0 Å². The maximum atomic E-state index is 13.0. The van der Waals surface area contributed by atoms with Crippen molar-refractivity contribution in [3.8, 4) is 0 Å². The molecule has 5 nitrogen and oxygen atoms in total. The molecule has 1 aliphatic heterocycles. The second kappa shape index (κ2) is 7.31. The number of hydrogen-bond acceptors (Lipinski definition) is 4. The van der Waals surface area contributed by atoms with Crippen molar-refractivity contribution in [1.82, 2.24) is 14.9 Å². The van der Waals surface area contributed by atoms with E-state index in [4.69, 9.17) is 4.42 Å². The van der Waals surface area contributed by atoms with Crippen LogP contribution in [0.1, 0.15) is 52.3 Å². The molecule has 0 radical (unpaired) electrons. The lowest BCUT2D eigenvalue weighted by Gasteiger charge is -2.22. The van der Waals surface area contributed by atoms with E-state index in [9.17, 15) is 9.18 Å². The van der Waals surface area contributed by atoms with E-state index in [0.29, 0.717) is 30.3 Å². The number of aryl methyl sites for hydroxylation is 1. The SMILES string of the molecule is Cc1cccc(C(=O)N2CCC[C@@H]2c2ncc(Cc3ccc(F)cc3)o2)n1. The molecular formula is C21H20FN3O2. The van der Waals surface area contributed by atoms with Crippen molar-refractivity contribution in [2.45, 2.75) is 32.2 Å². The third kappa shape index (κ3) is 3.74. The first-order valence-corrected chi connectivity index (χ1v) is 9.04. The zero-order valence-electron chi connectivity index (χ0n) is 15.1. The van der Waals surface area contributed by atoms with Crippen LogP contribution >= 0.6 is 0 Å². The molecule has 0 saturated carbocycles. The molecule has 0 bridgehead atoms. The molecule has 3 aromatic rings. The highest BCUT2D eigenvalue weighted by molar-refractivity contribution is 5.92. The minimum Gasteiger partial charge on any atom is -0.443 e. The van der Waals surface area contributed by atoms with E-state index in [1.54, 1.807) is 29.3 Å². The average Bonchev–Trinajstić information content (AvgIpc) is 3.32. The number of carbonyl (C=O) groups excluding carboxylic acids is 1. The lowest BCUT2D eigenvalue weighted by atomic mass is 10.1. The Bertz CT molecular complexity index is 952. The molecule has 3 heterocycles. The van der Waals surface area contributed by atoms with Crippen molar-refractivity contribution in [3.05, 3.63) is 83.1 Å². The van der Waals surface area contributed by atoms with Crippen molar-refractivity contribution in [2.75, 3.05) is 6.54 Å². The van der Waals surface area contributed by atoms with Gasteiger partial charge in [-0.15, -0.1) is 0 Å². The second-order valence-corrected chi connectivity index (χ2v) is 6.79. The molecule has 0 unspecified atom stereocenters. The highest BCUT2D eigenvalue weighted by Crippen LogP contribution is 2.33. The standard InChI is InChI=1S/C21H20FN3O2/c1-14-4-2-5-18(24-14)21(26)25-11-3-6-19(25)20-23-13-17(27-20)12-15-7-9-16(22)10-8-15/h2,4-5,7-10,13,19H,3,6,11-12H2,1H3/t19-/m1/s1. The Kier molecular flexibility index (Phi) is 4.71. The summed E-state index contributed by atoms with van der Waals surface area (Å²) in [6.45, 7) is 2.53. The van der Waals surface area contributed by atoms with E-state index in [2.05, 4.69) is 9.97 Å². The summed E-state index contributed by atoms with van der Waals surface area (Å²) in [6, 6.07) is 11.6. The van der Waals surface area contributed by atoms with Crippen molar-refractivity contribution >= 4 is 5.91 Å². The number of carbonyl (C=O) groups is 1. The number of pyridine rings is 1. The zero-order valence-corrected chi connectivity index (χ0v) is 15.1. The lowest BCUT2D eigenvalue weighted by molar-refractivity contribution is 0.0708. The van der Waals surface area contributed by atoms with Gasteiger partial charge in [0, 0.05) is 18.7 Å². The Morgan fingerprint density at radius 1 is 1.26 bits per heavy atom. The van der Waals surface area contributed by atoms with Gasteiger partial charge in [0.1, 0.15) is 23.3 Å². The minimum atomic E-state index is -0.262. The fourth-order valence-corrected chi connectivity index (χ4v) is 3.44. The highest BCUT2D eigenvalue weighted by atomic mass is 19.1. The van der Waals surface area contributed by atoms with E-state index in [1.807, 2.05) is 19.1 Å². The quantitative estimate of drug-likeness (QED) is 0.699. The van der Waals surface area contributed by atoms with E-state index in [-0.39, 0.29) is 17.8 Å². The molecule has 4 rings (SSSR count). The Labute approximate surface area is 156 Å². The Balaban J connectivity index is 1.51. The Morgan fingerprint density at radius 3 is 2.85 bits per heavy atom. The molecule has 1 atom stereocenters. The largest absolute Gasteiger partial charge is 0.443 e. The molecule has 1 aliphatic rings. The van der Waals surface area contributed by atoms with Gasteiger partial charge in [-0.05, 0) is 49.6 Å². The molecule has 0 aliphatic carbocycles. The van der Waals surface area contributed by atoms with Crippen LogP contribution in [0.4, 0.5) is 4.39 Å². The average molecular weight is 365 g/mol. The van der Waals surface area contributed by atoms with Gasteiger partial charge in [0.15, 0.2) is 0 Å². The molecule has 1 amide bonds. The van der Waals surface area contributed by atoms with E-state index >= 15 is 0 Å². The predicted molar refractivity (Wildman–Crippen MR) is 97.7 cm³/mol. The van der Waals surface area contributed by atoms with E-state index in [0.717, 1.165) is 24.1 Å². The number of benzene rings is 1. The molecule has 6 heteroatoms. The van der Waals surface area contributed by atoms with Crippen LogP contribution in [0, 0.1) is 12.7 Å². The minimum absolute atomic E-state index is 0.0977. The second-order valence-electron chi connectivity index (χ2n) is 6.79. The van der Waals surface area contributed by atoms with Crippen LogP contribution in [0.2, 0.25) is 0 Å². The monoisotopic (exact) mass is 365 g/mol. The molecule has 1 fully saturated rings. The van der Waals surface area contributed by atoms with E-state index < -0.39 is 0 Å². The number of amides is 1. The molecular weight excluding hydrogens is 345 g/mol. The van der Waals surface area contributed by atoms with Crippen LogP contribution in [0.25, 0.3) is 0 Å². The van der Waals surface area contributed by atoms with Gasteiger partial charge >= 0.3 is 0 Å². The first kappa shape index (κ1) is 17.4. The summed E-state index contributed by atoms with van der Waals surface area (Å²) in [5.41, 5.74) is 2.21. The maximum Gasteiger partial charge on any atom is 0.273 e. The van der Waals surface area contributed by atoms with Crippen molar-refractivity contribution in [1.29, 1.82) is 0 Å². The molecule has 138 valence electrons. The molecule has 1 aromatic carbocycles. The number of hydrogen-bond donors (Lipinski definition) is 0. The maximum absolute atomic E-state index is 13.0. The number of rotatable bonds is 4. The summed E-state index contributed by atoms with van der Waals surface area (Å²) in [6.07, 6.45) is 3.93. The van der Waals surface area contributed by atoms with Crippen LogP contribution in [0.5, 0.6) is 0 Å². The fraction of sp³-hybridized carbons (Fsp3) is 0.286. The van der Waals surface area contributed by atoms with Crippen molar-refractivity contribution in [2.24, 2.45) is 0 Å². The van der Waals surface area contributed by atoms with Crippen molar-refractivity contribution in [3.63, 3.8) is 0 Å². The lowest BCUT2D eigenvalue weighted by Crippen LogP contribution is -2.31. The van der Waals surface area contributed by atoms with Crippen LogP contribution in [-0.2, 0) is 6.42 Å². The third-order valence-electron chi connectivity index (χ3n) is 4.77. The smallest absolute Gasteiger partial charge is 0.273 e. The molecule has 1 saturated heterocycles.